The summed E-state index contributed by atoms with van der Waals surface area (Å²) in [5, 5.41) is 9.52. The smallest absolute Gasteiger partial charge is 0.258 e. The number of amides is 1. The second kappa shape index (κ2) is 7.92. The van der Waals surface area contributed by atoms with E-state index in [0.717, 1.165) is 27.7 Å². The Labute approximate surface area is 162 Å². The molecule has 0 saturated heterocycles. The summed E-state index contributed by atoms with van der Waals surface area (Å²) in [5.41, 5.74) is 2.79. The molecule has 2 aromatic heterocycles. The van der Waals surface area contributed by atoms with E-state index in [0.29, 0.717) is 12.3 Å². The molecule has 0 unspecified atom stereocenters. The average molecular weight is 372 g/mol. The van der Waals surface area contributed by atoms with Gasteiger partial charge < -0.3 is 10.1 Å². The first kappa shape index (κ1) is 17.7. The zero-order valence-electron chi connectivity index (χ0n) is 15.5. The van der Waals surface area contributed by atoms with Crippen molar-refractivity contribution in [3.8, 4) is 17.0 Å². The Hall–Kier alpha value is -3.67. The number of nitrogens with one attached hydrogen (secondary N) is 1. The van der Waals surface area contributed by atoms with Crippen molar-refractivity contribution in [2.75, 3.05) is 6.61 Å². The Morgan fingerprint density at radius 1 is 1.04 bits per heavy atom. The normalized spacial score (nSPS) is 10.8. The topological polar surface area (TPSA) is 69.0 Å². The molecule has 0 aliphatic carbocycles. The SMILES string of the molecule is Cn1nc(CNC(=O)COc2ccc3ccccc3c2)cc1-c1ccncc1. The Morgan fingerprint density at radius 3 is 2.64 bits per heavy atom. The van der Waals surface area contributed by atoms with E-state index in [-0.39, 0.29) is 12.5 Å². The van der Waals surface area contributed by atoms with Crippen LogP contribution in [-0.4, -0.2) is 27.3 Å². The van der Waals surface area contributed by atoms with Gasteiger partial charge in [0.15, 0.2) is 6.61 Å². The summed E-state index contributed by atoms with van der Waals surface area (Å²) >= 11 is 0. The number of aromatic nitrogens is 3. The van der Waals surface area contributed by atoms with Crippen LogP contribution in [-0.2, 0) is 18.4 Å². The summed E-state index contributed by atoms with van der Waals surface area (Å²) in [7, 11) is 1.88. The van der Waals surface area contributed by atoms with Gasteiger partial charge in [0.25, 0.3) is 5.91 Å². The Bertz CT molecular complexity index is 1110. The molecule has 0 aliphatic heterocycles. The Balaban J connectivity index is 1.33. The lowest BCUT2D eigenvalue weighted by molar-refractivity contribution is -0.123. The molecule has 6 nitrogen and oxygen atoms in total. The summed E-state index contributed by atoms with van der Waals surface area (Å²) in [5.74, 6) is 0.482. The number of fused-ring (bicyclic) bond motifs is 1. The van der Waals surface area contributed by atoms with Gasteiger partial charge in [-0.2, -0.15) is 5.10 Å². The Morgan fingerprint density at radius 2 is 1.82 bits per heavy atom. The predicted octanol–water partition coefficient (Wildman–Crippen LogP) is 3.33. The van der Waals surface area contributed by atoms with Crippen LogP contribution in [0, 0.1) is 0 Å². The third kappa shape index (κ3) is 4.01. The number of pyridine rings is 1. The van der Waals surface area contributed by atoms with Gasteiger partial charge in [0.2, 0.25) is 0 Å². The third-order valence-corrected chi connectivity index (χ3v) is 4.46. The lowest BCUT2D eigenvalue weighted by atomic mass is 10.1. The fraction of sp³-hybridized carbons (Fsp3) is 0.136. The molecule has 4 rings (SSSR count). The number of carbonyl (C=O) groups excluding carboxylic acids is 1. The van der Waals surface area contributed by atoms with Crippen LogP contribution >= 0.6 is 0 Å². The highest BCUT2D eigenvalue weighted by Crippen LogP contribution is 2.21. The molecule has 4 aromatic rings. The fourth-order valence-electron chi connectivity index (χ4n) is 3.05. The summed E-state index contributed by atoms with van der Waals surface area (Å²) in [6.07, 6.45) is 3.49. The van der Waals surface area contributed by atoms with Crippen molar-refractivity contribution in [1.29, 1.82) is 0 Å². The van der Waals surface area contributed by atoms with E-state index < -0.39 is 0 Å². The van der Waals surface area contributed by atoms with Gasteiger partial charge in [0.05, 0.1) is 17.9 Å². The average Bonchev–Trinajstić information content (AvgIpc) is 3.12. The minimum atomic E-state index is -0.190. The standard InChI is InChI=1S/C22H20N4O2/c1-26-21(17-8-10-23-11-9-17)13-19(25-26)14-24-22(27)15-28-20-7-6-16-4-2-3-5-18(16)12-20/h2-13H,14-15H2,1H3,(H,24,27). The van der Waals surface area contributed by atoms with Gasteiger partial charge in [-0.1, -0.05) is 30.3 Å². The molecule has 0 atom stereocenters. The van der Waals surface area contributed by atoms with Crippen LogP contribution in [0.3, 0.4) is 0 Å². The number of hydrogen-bond donors (Lipinski definition) is 1. The molecule has 6 heteroatoms. The lowest BCUT2D eigenvalue weighted by Crippen LogP contribution is -2.28. The zero-order chi connectivity index (χ0) is 19.3. The number of nitrogens with zero attached hydrogens (tertiary/aromatic N) is 3. The first-order chi connectivity index (χ1) is 13.7. The lowest BCUT2D eigenvalue weighted by Gasteiger charge is -2.07. The van der Waals surface area contributed by atoms with E-state index in [1.54, 1.807) is 17.1 Å². The summed E-state index contributed by atoms with van der Waals surface area (Å²) in [4.78, 5) is 16.2. The largest absolute Gasteiger partial charge is 0.484 e. The molecular formula is C22H20N4O2. The molecule has 0 radical (unpaired) electrons. The van der Waals surface area contributed by atoms with E-state index >= 15 is 0 Å². The number of ether oxygens (including phenoxy) is 1. The van der Waals surface area contributed by atoms with Crippen LogP contribution in [0.15, 0.2) is 73.1 Å². The first-order valence-electron chi connectivity index (χ1n) is 9.01. The molecule has 2 aromatic carbocycles. The van der Waals surface area contributed by atoms with Gasteiger partial charge in [0, 0.05) is 25.0 Å². The highest BCUT2D eigenvalue weighted by molar-refractivity contribution is 5.84. The quantitative estimate of drug-likeness (QED) is 0.564. The maximum atomic E-state index is 12.1. The van der Waals surface area contributed by atoms with E-state index in [1.807, 2.05) is 67.7 Å². The summed E-state index contributed by atoms with van der Waals surface area (Å²) < 4.78 is 7.41. The second-order valence-corrected chi connectivity index (χ2v) is 6.45. The zero-order valence-corrected chi connectivity index (χ0v) is 15.5. The van der Waals surface area contributed by atoms with Crippen molar-refractivity contribution in [1.82, 2.24) is 20.1 Å². The minimum Gasteiger partial charge on any atom is -0.484 e. The monoisotopic (exact) mass is 372 g/mol. The van der Waals surface area contributed by atoms with E-state index in [4.69, 9.17) is 4.74 Å². The molecule has 0 bridgehead atoms. The number of hydrogen-bond acceptors (Lipinski definition) is 4. The number of carbonyl (C=O) groups is 1. The molecule has 0 spiro atoms. The van der Waals surface area contributed by atoms with Crippen LogP contribution in [0.5, 0.6) is 5.75 Å². The number of rotatable bonds is 6. The number of aryl methyl sites for hydroxylation is 1. The van der Waals surface area contributed by atoms with Gasteiger partial charge >= 0.3 is 0 Å². The summed E-state index contributed by atoms with van der Waals surface area (Å²) in [6.45, 7) is 0.307. The van der Waals surface area contributed by atoms with Crippen molar-refractivity contribution in [3.63, 3.8) is 0 Å². The molecule has 0 fully saturated rings. The van der Waals surface area contributed by atoms with Crippen molar-refractivity contribution >= 4 is 16.7 Å². The molecule has 0 aliphatic rings. The molecule has 28 heavy (non-hydrogen) atoms. The van der Waals surface area contributed by atoms with Gasteiger partial charge in [-0.05, 0) is 41.1 Å². The van der Waals surface area contributed by atoms with Crippen LogP contribution < -0.4 is 10.1 Å². The van der Waals surface area contributed by atoms with Crippen LogP contribution in [0.2, 0.25) is 0 Å². The fourth-order valence-corrected chi connectivity index (χ4v) is 3.05. The van der Waals surface area contributed by atoms with Crippen molar-refractivity contribution in [2.24, 2.45) is 7.05 Å². The van der Waals surface area contributed by atoms with E-state index in [2.05, 4.69) is 15.4 Å². The maximum absolute atomic E-state index is 12.1. The van der Waals surface area contributed by atoms with Gasteiger partial charge in [-0.15, -0.1) is 0 Å². The molecule has 1 N–H and O–H groups in total. The third-order valence-electron chi connectivity index (χ3n) is 4.46. The van der Waals surface area contributed by atoms with Gasteiger partial charge in [-0.25, -0.2) is 0 Å². The maximum Gasteiger partial charge on any atom is 0.258 e. The van der Waals surface area contributed by atoms with Crippen molar-refractivity contribution in [2.45, 2.75) is 6.54 Å². The Kier molecular flexibility index (Phi) is 5.01. The summed E-state index contributed by atoms with van der Waals surface area (Å²) in [6, 6.07) is 19.6. The van der Waals surface area contributed by atoms with Crippen molar-refractivity contribution < 1.29 is 9.53 Å². The molecule has 1 amide bonds. The first-order valence-corrected chi connectivity index (χ1v) is 9.01. The predicted molar refractivity (Wildman–Crippen MR) is 108 cm³/mol. The molecule has 2 heterocycles. The second-order valence-electron chi connectivity index (χ2n) is 6.45. The van der Waals surface area contributed by atoms with Gasteiger partial charge in [0.1, 0.15) is 5.75 Å². The van der Waals surface area contributed by atoms with Crippen LogP contribution in [0.4, 0.5) is 0 Å². The van der Waals surface area contributed by atoms with Crippen LogP contribution in [0.1, 0.15) is 5.69 Å². The van der Waals surface area contributed by atoms with E-state index in [1.165, 1.54) is 0 Å². The molecule has 140 valence electrons. The minimum absolute atomic E-state index is 0.0393. The highest BCUT2D eigenvalue weighted by atomic mass is 16.5. The number of benzene rings is 2. The highest BCUT2D eigenvalue weighted by Gasteiger charge is 2.09. The van der Waals surface area contributed by atoms with Crippen LogP contribution in [0.25, 0.3) is 22.0 Å². The molecular weight excluding hydrogens is 352 g/mol. The van der Waals surface area contributed by atoms with E-state index in [9.17, 15) is 4.79 Å². The molecule has 0 saturated carbocycles. The van der Waals surface area contributed by atoms with Gasteiger partial charge in [-0.3, -0.25) is 14.5 Å². The van der Waals surface area contributed by atoms with Crippen molar-refractivity contribution in [3.05, 3.63) is 78.8 Å².